The van der Waals surface area contributed by atoms with Crippen molar-refractivity contribution in [1.82, 2.24) is 0 Å². The Labute approximate surface area is 163 Å². The van der Waals surface area contributed by atoms with E-state index in [1.807, 2.05) is 27.7 Å². The van der Waals surface area contributed by atoms with E-state index in [2.05, 4.69) is 26.8 Å². The Hall–Kier alpha value is -0.260. The Bertz CT molecular complexity index is 214. The zero-order valence-corrected chi connectivity index (χ0v) is 19.4. The van der Waals surface area contributed by atoms with Gasteiger partial charge >= 0.3 is 0 Å². The molecule has 25 heavy (non-hydrogen) atoms. The molecule has 0 aromatic heterocycles. The van der Waals surface area contributed by atoms with E-state index >= 15 is 0 Å². The van der Waals surface area contributed by atoms with Gasteiger partial charge in [-0.1, -0.05) is 131 Å². The standard InChI is InChI=1S/C21H42.2C2H6/c1-4-7-9-11-12-13-14-15-17-20-21(18-6-3)19-16-10-8-5-2;2*1-2/h18H,4-17,19-20H2,1-3H3;2*1-2H3/b21-18+;;. The minimum absolute atomic E-state index is 1.22. The van der Waals surface area contributed by atoms with Gasteiger partial charge in [-0.25, -0.2) is 0 Å². The summed E-state index contributed by atoms with van der Waals surface area (Å²) in [5.41, 5.74) is 1.75. The fourth-order valence-corrected chi connectivity index (χ4v) is 3.06. The molecule has 0 aliphatic rings. The zero-order chi connectivity index (χ0) is 19.6. The van der Waals surface area contributed by atoms with Crippen LogP contribution in [-0.4, -0.2) is 0 Å². The van der Waals surface area contributed by atoms with Crippen molar-refractivity contribution >= 4 is 0 Å². The smallest absolute Gasteiger partial charge is 0.0320 e. The highest BCUT2D eigenvalue weighted by Crippen LogP contribution is 2.18. The largest absolute Gasteiger partial charge is 0.0856 e. The zero-order valence-electron chi connectivity index (χ0n) is 19.4. The number of hydrogen-bond acceptors (Lipinski definition) is 0. The van der Waals surface area contributed by atoms with Crippen molar-refractivity contribution in [2.45, 2.75) is 151 Å². The summed E-state index contributed by atoms with van der Waals surface area (Å²) in [5, 5.41) is 0. The van der Waals surface area contributed by atoms with Crippen LogP contribution in [0, 0.1) is 0 Å². The lowest BCUT2D eigenvalue weighted by atomic mass is 9.99. The minimum Gasteiger partial charge on any atom is -0.0856 e. The summed E-state index contributed by atoms with van der Waals surface area (Å²) in [6, 6.07) is 0. The Morgan fingerprint density at radius 1 is 0.480 bits per heavy atom. The summed E-state index contributed by atoms with van der Waals surface area (Å²) in [6.07, 6.45) is 25.0. The van der Waals surface area contributed by atoms with Crippen LogP contribution >= 0.6 is 0 Å². The van der Waals surface area contributed by atoms with E-state index in [0.717, 1.165) is 0 Å². The molecule has 0 rings (SSSR count). The Kier molecular flexibility index (Phi) is 37.2. The molecule has 0 amide bonds. The Morgan fingerprint density at radius 3 is 1.16 bits per heavy atom. The predicted molar refractivity (Wildman–Crippen MR) is 122 cm³/mol. The molecule has 0 aliphatic heterocycles. The SMILES string of the molecule is CC.CC.CC/C=C(\CCCCCC)CCCCCCCCCCC. The quantitative estimate of drug-likeness (QED) is 0.191. The van der Waals surface area contributed by atoms with E-state index in [0.29, 0.717) is 0 Å². The maximum Gasteiger partial charge on any atom is -0.0320 e. The molecule has 0 nitrogen and oxygen atoms in total. The number of allylic oxidation sites excluding steroid dienone is 2. The van der Waals surface area contributed by atoms with Crippen molar-refractivity contribution in [3.63, 3.8) is 0 Å². The minimum atomic E-state index is 1.22. The van der Waals surface area contributed by atoms with Crippen LogP contribution in [0.3, 0.4) is 0 Å². The monoisotopic (exact) mass is 354 g/mol. The first-order chi connectivity index (χ1) is 12.3. The van der Waals surface area contributed by atoms with E-state index in [9.17, 15) is 0 Å². The van der Waals surface area contributed by atoms with Crippen molar-refractivity contribution in [3.8, 4) is 0 Å². The molecule has 0 aromatic rings. The third kappa shape index (κ3) is 28.8. The lowest BCUT2D eigenvalue weighted by molar-refractivity contribution is 0.560. The average Bonchev–Trinajstić information content (AvgIpc) is 2.67. The van der Waals surface area contributed by atoms with Gasteiger partial charge in [-0.05, 0) is 32.1 Å². The summed E-state index contributed by atoms with van der Waals surface area (Å²) in [4.78, 5) is 0. The van der Waals surface area contributed by atoms with Crippen molar-refractivity contribution in [2.24, 2.45) is 0 Å². The van der Waals surface area contributed by atoms with Crippen LogP contribution in [0.2, 0.25) is 0 Å². The van der Waals surface area contributed by atoms with Gasteiger partial charge < -0.3 is 0 Å². The van der Waals surface area contributed by atoms with Gasteiger partial charge in [-0.15, -0.1) is 0 Å². The van der Waals surface area contributed by atoms with Crippen LogP contribution in [0.5, 0.6) is 0 Å². The molecular formula is C25H54. The van der Waals surface area contributed by atoms with Crippen molar-refractivity contribution < 1.29 is 0 Å². The topological polar surface area (TPSA) is 0 Å². The molecule has 0 saturated carbocycles. The molecule has 0 heterocycles. The summed E-state index contributed by atoms with van der Waals surface area (Å²) < 4.78 is 0. The van der Waals surface area contributed by atoms with E-state index in [-0.39, 0.29) is 0 Å². The fraction of sp³-hybridized carbons (Fsp3) is 0.920. The van der Waals surface area contributed by atoms with Crippen LogP contribution in [0.15, 0.2) is 11.6 Å². The van der Waals surface area contributed by atoms with Crippen molar-refractivity contribution in [2.75, 3.05) is 0 Å². The molecular weight excluding hydrogens is 300 g/mol. The summed E-state index contributed by atoms with van der Waals surface area (Å²) in [7, 11) is 0. The first-order valence-electron chi connectivity index (χ1n) is 12.0. The van der Waals surface area contributed by atoms with E-state index in [1.165, 1.54) is 103 Å². The highest BCUT2D eigenvalue weighted by Gasteiger charge is 1.99. The van der Waals surface area contributed by atoms with Gasteiger partial charge in [-0.2, -0.15) is 0 Å². The van der Waals surface area contributed by atoms with Crippen LogP contribution in [0.4, 0.5) is 0 Å². The van der Waals surface area contributed by atoms with Gasteiger partial charge in [0.1, 0.15) is 0 Å². The highest BCUT2D eigenvalue weighted by molar-refractivity contribution is 5.01. The second kappa shape index (κ2) is 31.5. The number of rotatable bonds is 16. The first kappa shape index (κ1) is 29.5. The van der Waals surface area contributed by atoms with Crippen LogP contribution in [0.25, 0.3) is 0 Å². The molecule has 0 saturated heterocycles. The van der Waals surface area contributed by atoms with Gasteiger partial charge in [0, 0.05) is 0 Å². The Balaban J connectivity index is -0.00000112. The van der Waals surface area contributed by atoms with Crippen LogP contribution in [-0.2, 0) is 0 Å². The predicted octanol–water partition coefficient (Wildman–Crippen LogP) is 10.3. The summed E-state index contributed by atoms with van der Waals surface area (Å²) >= 11 is 0. The van der Waals surface area contributed by atoms with E-state index in [4.69, 9.17) is 0 Å². The van der Waals surface area contributed by atoms with Gasteiger partial charge in [-0.3, -0.25) is 0 Å². The van der Waals surface area contributed by atoms with Crippen LogP contribution in [0.1, 0.15) is 151 Å². The maximum absolute atomic E-state index is 2.50. The normalized spacial score (nSPS) is 10.6. The molecule has 0 N–H and O–H groups in total. The molecule has 0 heteroatoms. The highest BCUT2D eigenvalue weighted by atomic mass is 14.0. The molecule has 0 bridgehead atoms. The third-order valence-corrected chi connectivity index (χ3v) is 4.45. The Morgan fingerprint density at radius 2 is 0.800 bits per heavy atom. The summed E-state index contributed by atoms with van der Waals surface area (Å²) in [6.45, 7) is 14.9. The van der Waals surface area contributed by atoms with Crippen LogP contribution < -0.4 is 0 Å². The fourth-order valence-electron chi connectivity index (χ4n) is 3.06. The summed E-state index contributed by atoms with van der Waals surface area (Å²) in [5.74, 6) is 0. The molecule has 0 aromatic carbocycles. The molecule has 0 radical (unpaired) electrons. The molecule has 154 valence electrons. The van der Waals surface area contributed by atoms with Gasteiger partial charge in [0.15, 0.2) is 0 Å². The lowest BCUT2D eigenvalue weighted by Gasteiger charge is -2.08. The molecule has 0 spiro atoms. The second-order valence-electron chi connectivity index (χ2n) is 6.66. The molecule has 0 atom stereocenters. The van der Waals surface area contributed by atoms with E-state index in [1.54, 1.807) is 5.57 Å². The lowest BCUT2D eigenvalue weighted by Crippen LogP contribution is -1.88. The molecule has 0 fully saturated rings. The average molecular weight is 355 g/mol. The maximum atomic E-state index is 2.50. The van der Waals surface area contributed by atoms with Gasteiger partial charge in [0.25, 0.3) is 0 Å². The number of unbranched alkanes of at least 4 members (excludes halogenated alkanes) is 11. The van der Waals surface area contributed by atoms with Crippen molar-refractivity contribution in [1.29, 1.82) is 0 Å². The first-order valence-corrected chi connectivity index (χ1v) is 12.0. The second-order valence-corrected chi connectivity index (χ2v) is 6.66. The molecule has 0 aliphatic carbocycles. The third-order valence-electron chi connectivity index (χ3n) is 4.45. The molecule has 0 unspecified atom stereocenters. The van der Waals surface area contributed by atoms with Gasteiger partial charge in [0.2, 0.25) is 0 Å². The van der Waals surface area contributed by atoms with E-state index < -0.39 is 0 Å². The van der Waals surface area contributed by atoms with Crippen molar-refractivity contribution in [3.05, 3.63) is 11.6 Å². The van der Waals surface area contributed by atoms with Gasteiger partial charge in [0.05, 0.1) is 0 Å². The number of hydrogen-bond donors (Lipinski definition) is 0.